The van der Waals surface area contributed by atoms with Crippen molar-refractivity contribution in [3.8, 4) is 0 Å². The second-order valence-corrected chi connectivity index (χ2v) is 6.48. The molecule has 17 heavy (non-hydrogen) atoms. The second kappa shape index (κ2) is 4.83. The molecule has 0 spiro atoms. The summed E-state index contributed by atoms with van der Waals surface area (Å²) in [5, 5.41) is 0. The van der Waals surface area contributed by atoms with Crippen LogP contribution in [0, 0.1) is 0 Å². The molecule has 94 valence electrons. The summed E-state index contributed by atoms with van der Waals surface area (Å²) in [6, 6.07) is 4.97. The van der Waals surface area contributed by atoms with E-state index in [0.717, 1.165) is 12.8 Å². The predicted molar refractivity (Wildman–Crippen MR) is 71.9 cm³/mol. The largest absolute Gasteiger partial charge is 0.399 e. The molecule has 0 aromatic heterocycles. The average Bonchev–Trinajstić information content (AvgIpc) is 2.76. The Morgan fingerprint density at radius 3 is 2.53 bits per heavy atom. The highest BCUT2D eigenvalue weighted by molar-refractivity contribution is 9.10. The van der Waals surface area contributed by atoms with Crippen molar-refractivity contribution in [2.75, 3.05) is 23.5 Å². The first-order valence-corrected chi connectivity index (χ1v) is 7.55. The number of hydrogen-bond acceptors (Lipinski definition) is 3. The summed E-state index contributed by atoms with van der Waals surface area (Å²) in [6.45, 7) is 1.17. The molecule has 0 atom stereocenters. The third-order valence-corrected chi connectivity index (χ3v) is 4.82. The topological polar surface area (TPSA) is 75.4 Å². The monoisotopic (exact) mass is 319 g/mol. The Kier molecular flexibility index (Phi) is 3.60. The van der Waals surface area contributed by atoms with Crippen molar-refractivity contribution in [3.63, 3.8) is 0 Å². The van der Waals surface area contributed by atoms with Gasteiger partial charge in [0.15, 0.2) is 0 Å². The summed E-state index contributed by atoms with van der Waals surface area (Å²) in [5.74, 6) is 0. The van der Waals surface area contributed by atoms with Gasteiger partial charge in [0.1, 0.15) is 0 Å². The Bertz CT molecular complexity index is 512. The maximum absolute atomic E-state index is 12.0. The van der Waals surface area contributed by atoms with Crippen molar-refractivity contribution in [1.29, 1.82) is 0 Å². The molecule has 5 nitrogen and oxygen atoms in total. The molecule has 1 aromatic carbocycles. The number of nitrogens with one attached hydrogen (secondary N) is 1. The first kappa shape index (κ1) is 12.7. The van der Waals surface area contributed by atoms with E-state index >= 15 is 0 Å². The van der Waals surface area contributed by atoms with Gasteiger partial charge in [-0.1, -0.05) is 0 Å². The number of anilines is 2. The number of hydrogen-bond donors (Lipinski definition) is 2. The highest BCUT2D eigenvalue weighted by Gasteiger charge is 2.25. The van der Waals surface area contributed by atoms with Crippen LogP contribution in [0.25, 0.3) is 0 Å². The van der Waals surface area contributed by atoms with Crippen LogP contribution < -0.4 is 10.5 Å². The Balaban J connectivity index is 2.19. The van der Waals surface area contributed by atoms with Crippen molar-refractivity contribution in [3.05, 3.63) is 22.7 Å². The molecule has 0 unspecified atom stereocenters. The molecule has 1 aromatic rings. The van der Waals surface area contributed by atoms with Crippen LogP contribution in [0.2, 0.25) is 0 Å². The minimum absolute atomic E-state index is 0.506. The zero-order chi connectivity index (χ0) is 12.5. The SMILES string of the molecule is Nc1ccc(NS(=O)(=O)N2CCCC2)c(Br)c1. The molecule has 0 bridgehead atoms. The van der Waals surface area contributed by atoms with Gasteiger partial charge in [0.2, 0.25) is 0 Å². The lowest BCUT2D eigenvalue weighted by Gasteiger charge is -2.17. The Morgan fingerprint density at radius 1 is 1.29 bits per heavy atom. The number of rotatable bonds is 3. The van der Waals surface area contributed by atoms with Gasteiger partial charge < -0.3 is 5.73 Å². The standard InChI is InChI=1S/C10H14BrN3O2S/c11-9-7-8(12)3-4-10(9)13-17(15,16)14-5-1-2-6-14/h3-4,7,13H,1-2,5-6,12H2. The van der Waals surface area contributed by atoms with Gasteiger partial charge >= 0.3 is 10.2 Å². The molecular formula is C10H14BrN3O2S. The van der Waals surface area contributed by atoms with Crippen LogP contribution in [0.1, 0.15) is 12.8 Å². The summed E-state index contributed by atoms with van der Waals surface area (Å²) in [4.78, 5) is 0. The first-order valence-electron chi connectivity index (χ1n) is 5.32. The molecule has 0 aliphatic carbocycles. The minimum atomic E-state index is -3.44. The van der Waals surface area contributed by atoms with Crippen LogP contribution in [0.3, 0.4) is 0 Å². The highest BCUT2D eigenvalue weighted by Crippen LogP contribution is 2.26. The normalized spacial score (nSPS) is 17.2. The minimum Gasteiger partial charge on any atom is -0.399 e. The van der Waals surface area contributed by atoms with Gasteiger partial charge in [0, 0.05) is 23.2 Å². The fourth-order valence-corrected chi connectivity index (χ4v) is 3.70. The van der Waals surface area contributed by atoms with Crippen LogP contribution in [-0.4, -0.2) is 25.8 Å². The van der Waals surface area contributed by atoms with E-state index in [9.17, 15) is 8.42 Å². The number of halogens is 1. The van der Waals surface area contributed by atoms with Gasteiger partial charge in [0.05, 0.1) is 5.69 Å². The summed E-state index contributed by atoms with van der Waals surface area (Å²) in [7, 11) is -3.44. The molecule has 1 heterocycles. The van der Waals surface area contributed by atoms with Crippen LogP contribution in [0.15, 0.2) is 22.7 Å². The lowest BCUT2D eigenvalue weighted by molar-refractivity contribution is 0.482. The van der Waals surface area contributed by atoms with E-state index < -0.39 is 10.2 Å². The molecule has 2 rings (SSSR count). The molecular weight excluding hydrogens is 306 g/mol. The highest BCUT2D eigenvalue weighted by atomic mass is 79.9. The van der Waals surface area contributed by atoms with Crippen LogP contribution in [0.4, 0.5) is 11.4 Å². The maximum Gasteiger partial charge on any atom is 0.301 e. The predicted octanol–water partition coefficient (Wildman–Crippen LogP) is 1.78. The molecule has 3 N–H and O–H groups in total. The maximum atomic E-state index is 12.0. The van der Waals surface area contributed by atoms with Crippen molar-refractivity contribution in [1.82, 2.24) is 4.31 Å². The van der Waals surface area contributed by atoms with Gasteiger partial charge in [-0.15, -0.1) is 0 Å². The summed E-state index contributed by atoms with van der Waals surface area (Å²) in [6.07, 6.45) is 1.84. The smallest absolute Gasteiger partial charge is 0.301 e. The molecule has 1 aliphatic rings. The zero-order valence-corrected chi connectivity index (χ0v) is 11.6. The lowest BCUT2D eigenvalue weighted by Crippen LogP contribution is -2.33. The molecule has 7 heteroatoms. The zero-order valence-electron chi connectivity index (χ0n) is 9.19. The second-order valence-electron chi connectivity index (χ2n) is 3.95. The van der Waals surface area contributed by atoms with Crippen molar-refractivity contribution in [2.45, 2.75) is 12.8 Å². The third kappa shape index (κ3) is 2.91. The Labute approximate surface area is 109 Å². The fraction of sp³-hybridized carbons (Fsp3) is 0.400. The average molecular weight is 320 g/mol. The van der Waals surface area contributed by atoms with E-state index in [2.05, 4.69) is 20.7 Å². The molecule has 0 radical (unpaired) electrons. The van der Waals surface area contributed by atoms with Gasteiger partial charge in [-0.25, -0.2) is 0 Å². The number of benzene rings is 1. The molecule has 1 fully saturated rings. The first-order chi connectivity index (χ1) is 7.99. The van der Waals surface area contributed by atoms with E-state index in [1.165, 1.54) is 4.31 Å². The summed E-state index contributed by atoms with van der Waals surface area (Å²) >= 11 is 3.28. The Hall–Kier alpha value is -0.790. The van der Waals surface area contributed by atoms with Crippen molar-refractivity contribution < 1.29 is 8.42 Å². The molecule has 1 saturated heterocycles. The van der Waals surface area contributed by atoms with Gasteiger partial charge in [-0.2, -0.15) is 12.7 Å². The number of nitrogens with zero attached hydrogens (tertiary/aromatic N) is 1. The quantitative estimate of drug-likeness (QED) is 0.834. The fourth-order valence-electron chi connectivity index (χ4n) is 1.75. The molecule has 0 amide bonds. The van der Waals surface area contributed by atoms with Crippen molar-refractivity contribution >= 4 is 37.5 Å². The van der Waals surface area contributed by atoms with Gasteiger partial charge in [-0.3, -0.25) is 4.72 Å². The summed E-state index contributed by atoms with van der Waals surface area (Å²) in [5.41, 5.74) is 6.69. The summed E-state index contributed by atoms with van der Waals surface area (Å²) < 4.78 is 28.6. The molecule has 1 aliphatic heterocycles. The third-order valence-electron chi connectivity index (χ3n) is 2.64. The molecule has 0 saturated carbocycles. The van der Waals surface area contributed by atoms with Crippen molar-refractivity contribution in [2.24, 2.45) is 0 Å². The van der Waals surface area contributed by atoms with E-state index in [-0.39, 0.29) is 0 Å². The van der Waals surface area contributed by atoms with Crippen LogP contribution >= 0.6 is 15.9 Å². The van der Waals surface area contributed by atoms with E-state index in [4.69, 9.17) is 5.73 Å². The van der Waals surface area contributed by atoms with Gasteiger partial charge in [0.25, 0.3) is 0 Å². The van der Waals surface area contributed by atoms with E-state index in [1.807, 2.05) is 0 Å². The van der Waals surface area contributed by atoms with Gasteiger partial charge in [-0.05, 0) is 47.0 Å². The van der Waals surface area contributed by atoms with E-state index in [0.29, 0.717) is 28.9 Å². The number of nitrogens with two attached hydrogens (primary N) is 1. The lowest BCUT2D eigenvalue weighted by atomic mass is 10.3. The Morgan fingerprint density at radius 2 is 1.94 bits per heavy atom. The van der Waals surface area contributed by atoms with Crippen LogP contribution in [-0.2, 0) is 10.2 Å². The van der Waals surface area contributed by atoms with Crippen LogP contribution in [0.5, 0.6) is 0 Å². The number of nitrogen functional groups attached to an aromatic ring is 1. The van der Waals surface area contributed by atoms with E-state index in [1.54, 1.807) is 18.2 Å².